The van der Waals surface area contributed by atoms with Gasteiger partial charge in [-0.15, -0.1) is 0 Å². The molecule has 3 aromatic rings. The maximum Gasteiger partial charge on any atom is 0.141 e. The third-order valence-electron chi connectivity index (χ3n) is 2.44. The average molecular weight is 199 g/mol. The van der Waals surface area contributed by atoms with Crippen LogP contribution in [0.3, 0.4) is 0 Å². The van der Waals surface area contributed by atoms with Gasteiger partial charge < -0.3 is 10.2 Å². The molecule has 0 aliphatic heterocycles. The van der Waals surface area contributed by atoms with Crippen LogP contribution >= 0.6 is 0 Å². The number of hydrogen-bond donors (Lipinski definition) is 2. The lowest BCUT2D eigenvalue weighted by atomic mass is 10.1. The van der Waals surface area contributed by atoms with Gasteiger partial charge in [0.15, 0.2) is 0 Å². The Hall–Kier alpha value is -2.23. The van der Waals surface area contributed by atoms with E-state index in [1.807, 2.05) is 24.3 Å². The predicted molar refractivity (Wildman–Crippen MR) is 58.2 cm³/mol. The molecule has 4 heteroatoms. The lowest BCUT2D eigenvalue weighted by Gasteiger charge is -1.99. The number of furan rings is 1. The molecule has 0 amide bonds. The third kappa shape index (κ3) is 1.11. The maximum absolute atomic E-state index is 5.77. The summed E-state index contributed by atoms with van der Waals surface area (Å²) in [5, 5.41) is 7.67. The summed E-state index contributed by atoms with van der Waals surface area (Å²) in [5.74, 6) is 0.555. The van der Waals surface area contributed by atoms with Crippen molar-refractivity contribution in [3.8, 4) is 11.1 Å². The number of benzene rings is 1. The number of nitrogens with two attached hydrogens (primary N) is 1. The van der Waals surface area contributed by atoms with Crippen molar-refractivity contribution in [2.75, 3.05) is 5.73 Å². The second kappa shape index (κ2) is 2.88. The van der Waals surface area contributed by atoms with E-state index in [-0.39, 0.29) is 0 Å². The zero-order valence-corrected chi connectivity index (χ0v) is 7.90. The molecule has 2 heterocycles. The Bertz CT molecular complexity index is 609. The molecule has 3 N–H and O–H groups in total. The summed E-state index contributed by atoms with van der Waals surface area (Å²) in [6.45, 7) is 0. The van der Waals surface area contributed by atoms with E-state index in [2.05, 4.69) is 10.2 Å². The predicted octanol–water partition coefficient (Wildman–Crippen LogP) is 2.41. The van der Waals surface area contributed by atoms with Gasteiger partial charge in [-0.3, -0.25) is 5.10 Å². The first-order valence-electron chi connectivity index (χ1n) is 4.62. The van der Waals surface area contributed by atoms with E-state index >= 15 is 0 Å². The standard InChI is InChI=1S/C11H9N3O/c12-11-9(6-13-14-11)8-3-1-2-7-4-5-15-10(7)8/h1-6H,(H3,12,13,14). The largest absolute Gasteiger partial charge is 0.464 e. The van der Waals surface area contributed by atoms with Crippen LogP contribution in [0.4, 0.5) is 5.82 Å². The number of rotatable bonds is 1. The normalized spacial score (nSPS) is 10.9. The highest BCUT2D eigenvalue weighted by atomic mass is 16.3. The number of H-pyrrole nitrogens is 1. The van der Waals surface area contributed by atoms with Crippen LogP contribution in [0.15, 0.2) is 41.1 Å². The molecule has 0 radical (unpaired) electrons. The SMILES string of the molecule is Nc1[nH]ncc1-c1cccc2ccoc12. The van der Waals surface area contributed by atoms with E-state index < -0.39 is 0 Å². The number of para-hydroxylation sites is 1. The van der Waals surface area contributed by atoms with Crippen molar-refractivity contribution < 1.29 is 4.42 Å². The molecule has 0 spiro atoms. The fourth-order valence-corrected chi connectivity index (χ4v) is 1.72. The number of nitrogens with one attached hydrogen (secondary N) is 1. The molecule has 2 aromatic heterocycles. The molecule has 0 atom stereocenters. The van der Waals surface area contributed by atoms with Gasteiger partial charge in [0.05, 0.1) is 12.5 Å². The second-order valence-corrected chi connectivity index (χ2v) is 3.34. The van der Waals surface area contributed by atoms with Crippen molar-refractivity contribution in [2.24, 2.45) is 0 Å². The van der Waals surface area contributed by atoms with Gasteiger partial charge in [-0.25, -0.2) is 0 Å². The average Bonchev–Trinajstić information content (AvgIpc) is 2.85. The summed E-state index contributed by atoms with van der Waals surface area (Å²) >= 11 is 0. The molecule has 3 rings (SSSR count). The number of aromatic nitrogens is 2. The fraction of sp³-hybridized carbons (Fsp3) is 0. The minimum absolute atomic E-state index is 0.555. The van der Waals surface area contributed by atoms with Gasteiger partial charge in [0.25, 0.3) is 0 Å². The topological polar surface area (TPSA) is 67.8 Å². The molecule has 0 bridgehead atoms. The first-order valence-corrected chi connectivity index (χ1v) is 4.62. The van der Waals surface area contributed by atoms with E-state index in [0.29, 0.717) is 5.82 Å². The van der Waals surface area contributed by atoms with Gasteiger partial charge in [-0.05, 0) is 6.07 Å². The van der Waals surface area contributed by atoms with E-state index in [9.17, 15) is 0 Å². The van der Waals surface area contributed by atoms with Crippen molar-refractivity contribution in [3.63, 3.8) is 0 Å². The Morgan fingerprint density at radius 1 is 1.20 bits per heavy atom. The number of aromatic amines is 1. The summed E-state index contributed by atoms with van der Waals surface area (Å²) in [4.78, 5) is 0. The Morgan fingerprint density at radius 3 is 2.93 bits per heavy atom. The van der Waals surface area contributed by atoms with E-state index in [0.717, 1.165) is 22.1 Å². The highest BCUT2D eigenvalue weighted by molar-refractivity contribution is 5.94. The van der Waals surface area contributed by atoms with Crippen LogP contribution in [0.25, 0.3) is 22.1 Å². The molecule has 0 fully saturated rings. The molecule has 0 aliphatic rings. The minimum Gasteiger partial charge on any atom is -0.464 e. The van der Waals surface area contributed by atoms with Crippen molar-refractivity contribution in [2.45, 2.75) is 0 Å². The summed E-state index contributed by atoms with van der Waals surface area (Å²) in [6, 6.07) is 7.86. The van der Waals surface area contributed by atoms with E-state index in [1.54, 1.807) is 12.5 Å². The molecular weight excluding hydrogens is 190 g/mol. The van der Waals surface area contributed by atoms with E-state index in [4.69, 9.17) is 10.2 Å². The molecule has 0 saturated heterocycles. The van der Waals surface area contributed by atoms with Crippen LogP contribution in [-0.2, 0) is 0 Å². The molecular formula is C11H9N3O. The Labute approximate surface area is 85.7 Å². The zero-order valence-electron chi connectivity index (χ0n) is 7.90. The molecule has 0 aliphatic carbocycles. The third-order valence-corrected chi connectivity index (χ3v) is 2.44. The van der Waals surface area contributed by atoms with Crippen molar-refractivity contribution in [3.05, 3.63) is 36.7 Å². The highest BCUT2D eigenvalue weighted by Gasteiger charge is 2.10. The number of nitrogen functional groups attached to an aromatic ring is 1. The Morgan fingerprint density at radius 2 is 2.13 bits per heavy atom. The first-order chi connectivity index (χ1) is 7.36. The summed E-state index contributed by atoms with van der Waals surface area (Å²) in [5.41, 5.74) is 8.44. The Kier molecular flexibility index (Phi) is 1.56. The van der Waals surface area contributed by atoms with Gasteiger partial charge >= 0.3 is 0 Å². The lowest BCUT2D eigenvalue weighted by molar-refractivity contribution is 0.617. The molecule has 0 unspecified atom stereocenters. The maximum atomic E-state index is 5.77. The Balaban J connectivity index is 2.36. The van der Waals surface area contributed by atoms with E-state index in [1.165, 1.54) is 0 Å². The minimum atomic E-state index is 0.555. The van der Waals surface area contributed by atoms with Gasteiger partial charge in [0, 0.05) is 16.5 Å². The number of hydrogen-bond acceptors (Lipinski definition) is 3. The van der Waals surface area contributed by atoms with Crippen LogP contribution in [0.2, 0.25) is 0 Å². The van der Waals surface area contributed by atoms with Crippen LogP contribution in [0, 0.1) is 0 Å². The van der Waals surface area contributed by atoms with Crippen molar-refractivity contribution in [1.29, 1.82) is 0 Å². The van der Waals surface area contributed by atoms with Gasteiger partial charge in [-0.1, -0.05) is 18.2 Å². The molecule has 4 nitrogen and oxygen atoms in total. The van der Waals surface area contributed by atoms with Crippen LogP contribution < -0.4 is 5.73 Å². The van der Waals surface area contributed by atoms with Gasteiger partial charge in [-0.2, -0.15) is 5.10 Å². The summed E-state index contributed by atoms with van der Waals surface area (Å²) in [6.07, 6.45) is 3.37. The van der Waals surface area contributed by atoms with Crippen LogP contribution in [0.5, 0.6) is 0 Å². The van der Waals surface area contributed by atoms with Gasteiger partial charge in [0.1, 0.15) is 11.4 Å². The van der Waals surface area contributed by atoms with Crippen LogP contribution in [-0.4, -0.2) is 10.2 Å². The van der Waals surface area contributed by atoms with Gasteiger partial charge in [0.2, 0.25) is 0 Å². The van der Waals surface area contributed by atoms with Crippen molar-refractivity contribution in [1.82, 2.24) is 10.2 Å². The zero-order chi connectivity index (χ0) is 10.3. The second-order valence-electron chi connectivity index (χ2n) is 3.34. The molecule has 15 heavy (non-hydrogen) atoms. The number of nitrogens with zero attached hydrogens (tertiary/aromatic N) is 1. The monoisotopic (exact) mass is 199 g/mol. The fourth-order valence-electron chi connectivity index (χ4n) is 1.72. The molecule has 1 aromatic carbocycles. The highest BCUT2D eigenvalue weighted by Crippen LogP contribution is 2.31. The lowest BCUT2D eigenvalue weighted by Crippen LogP contribution is -1.87. The van der Waals surface area contributed by atoms with Crippen LogP contribution in [0.1, 0.15) is 0 Å². The summed E-state index contributed by atoms with van der Waals surface area (Å²) in [7, 11) is 0. The number of anilines is 1. The quantitative estimate of drug-likeness (QED) is 0.632. The molecule has 0 saturated carbocycles. The van der Waals surface area contributed by atoms with Crippen molar-refractivity contribution >= 4 is 16.8 Å². The molecule has 74 valence electrons. The summed E-state index contributed by atoms with van der Waals surface area (Å²) < 4.78 is 5.43. The number of fused-ring (bicyclic) bond motifs is 1. The first kappa shape index (κ1) is 8.11. The smallest absolute Gasteiger partial charge is 0.141 e.